The summed E-state index contributed by atoms with van der Waals surface area (Å²) in [6.07, 6.45) is 2.63. The van der Waals surface area contributed by atoms with Crippen molar-refractivity contribution in [3.05, 3.63) is 81.7 Å². The van der Waals surface area contributed by atoms with Gasteiger partial charge in [0.2, 0.25) is 5.91 Å². The molecule has 0 spiro atoms. The molecule has 2 heterocycles. The van der Waals surface area contributed by atoms with Crippen molar-refractivity contribution < 1.29 is 28.2 Å². The monoisotopic (exact) mass is 609 g/mol. The van der Waals surface area contributed by atoms with E-state index in [0.29, 0.717) is 33.0 Å². The molecule has 218 valence electrons. The summed E-state index contributed by atoms with van der Waals surface area (Å²) in [4.78, 5) is 39.5. The molecule has 42 heavy (non-hydrogen) atoms. The molecule has 0 unspecified atom stereocenters. The second kappa shape index (κ2) is 13.2. The van der Waals surface area contributed by atoms with Crippen LogP contribution in [0.15, 0.2) is 53.7 Å². The number of rotatable bonds is 11. The minimum atomic E-state index is -0.515. The first kappa shape index (κ1) is 29.3. The molecule has 0 saturated carbocycles. The summed E-state index contributed by atoms with van der Waals surface area (Å²) in [5.41, 5.74) is 2.19. The third-order valence-corrected chi connectivity index (χ3v) is 8.64. The van der Waals surface area contributed by atoms with Crippen LogP contribution in [-0.2, 0) is 28.9 Å². The minimum Gasteiger partial charge on any atom is -0.495 e. The van der Waals surface area contributed by atoms with Crippen LogP contribution in [0.25, 0.3) is 5.69 Å². The van der Waals surface area contributed by atoms with Gasteiger partial charge in [-0.15, -0.1) is 21.5 Å². The molecule has 1 aliphatic rings. The number of nitrogens with zero attached hydrogens (tertiary/aromatic N) is 3. The second-order valence-electron chi connectivity index (χ2n) is 9.22. The molecule has 0 aliphatic heterocycles. The number of hydrogen-bond acceptors (Lipinski definition) is 9. The van der Waals surface area contributed by atoms with Gasteiger partial charge in [0.15, 0.2) is 11.0 Å². The highest BCUT2D eigenvalue weighted by Crippen LogP contribution is 2.39. The Morgan fingerprint density at radius 2 is 1.95 bits per heavy atom. The predicted octanol–water partition coefficient (Wildman–Crippen LogP) is 4.80. The van der Waals surface area contributed by atoms with E-state index in [2.05, 4.69) is 20.8 Å². The van der Waals surface area contributed by atoms with Gasteiger partial charge in [-0.2, -0.15) is 0 Å². The van der Waals surface area contributed by atoms with Gasteiger partial charge < -0.3 is 20.1 Å². The highest BCUT2D eigenvalue weighted by Gasteiger charge is 2.28. The van der Waals surface area contributed by atoms with Crippen LogP contribution in [0.4, 0.5) is 9.39 Å². The Bertz CT molecular complexity index is 1640. The van der Waals surface area contributed by atoms with Crippen LogP contribution in [0.5, 0.6) is 5.75 Å². The van der Waals surface area contributed by atoms with Crippen molar-refractivity contribution in [2.24, 2.45) is 0 Å². The molecule has 0 saturated heterocycles. The number of esters is 1. The molecule has 2 aromatic heterocycles. The zero-order chi connectivity index (χ0) is 29.6. The molecule has 0 radical (unpaired) electrons. The summed E-state index contributed by atoms with van der Waals surface area (Å²) < 4.78 is 26.1. The number of aryl methyl sites for hydroxylation is 1. The summed E-state index contributed by atoms with van der Waals surface area (Å²) in [5, 5.41) is 15.1. The lowest BCUT2D eigenvalue weighted by molar-refractivity contribution is -0.113. The van der Waals surface area contributed by atoms with Crippen molar-refractivity contribution in [2.45, 2.75) is 37.9 Å². The molecule has 4 aromatic rings. The Labute approximate surface area is 249 Å². The van der Waals surface area contributed by atoms with Gasteiger partial charge in [-0.05, 0) is 62.1 Å². The van der Waals surface area contributed by atoms with Gasteiger partial charge in [0.05, 0.1) is 37.3 Å². The number of thiophene rings is 1. The zero-order valence-electron chi connectivity index (χ0n) is 22.9. The Balaban J connectivity index is 1.35. The number of halogens is 1. The van der Waals surface area contributed by atoms with Crippen molar-refractivity contribution >= 4 is 45.9 Å². The van der Waals surface area contributed by atoms with Crippen LogP contribution in [-0.4, -0.2) is 52.0 Å². The normalized spacial score (nSPS) is 12.1. The number of nitrogens with one attached hydrogen (secondary N) is 2. The molecule has 0 fully saturated rings. The number of ether oxygens (including phenoxy) is 2. The van der Waals surface area contributed by atoms with E-state index in [-0.39, 0.29) is 30.4 Å². The van der Waals surface area contributed by atoms with Gasteiger partial charge in [0, 0.05) is 10.4 Å². The molecule has 5 rings (SSSR count). The molecule has 0 bridgehead atoms. The summed E-state index contributed by atoms with van der Waals surface area (Å²) in [6, 6.07) is 12.6. The highest BCUT2D eigenvalue weighted by atomic mass is 32.2. The largest absolute Gasteiger partial charge is 0.495 e. The van der Waals surface area contributed by atoms with E-state index in [9.17, 15) is 18.8 Å². The van der Waals surface area contributed by atoms with Gasteiger partial charge in [-0.3, -0.25) is 14.2 Å². The lowest BCUT2D eigenvalue weighted by Crippen LogP contribution is -2.25. The number of thioether (sulfide) groups is 1. The van der Waals surface area contributed by atoms with Gasteiger partial charge in [0.25, 0.3) is 5.91 Å². The predicted molar refractivity (Wildman–Crippen MR) is 157 cm³/mol. The summed E-state index contributed by atoms with van der Waals surface area (Å²) in [5.74, 6) is -0.841. The number of fused-ring (bicyclic) bond motifs is 1. The van der Waals surface area contributed by atoms with Gasteiger partial charge in [-0.25, -0.2) is 9.18 Å². The number of methoxy groups -OCH3 is 1. The number of para-hydroxylation sites is 2. The fourth-order valence-corrected chi connectivity index (χ4v) is 6.72. The first-order valence-electron chi connectivity index (χ1n) is 13.2. The van der Waals surface area contributed by atoms with Crippen LogP contribution in [0.2, 0.25) is 0 Å². The molecule has 0 atom stereocenters. The number of amides is 2. The van der Waals surface area contributed by atoms with Gasteiger partial charge >= 0.3 is 5.97 Å². The average Bonchev–Trinajstić information content (AvgIpc) is 3.69. The van der Waals surface area contributed by atoms with Crippen LogP contribution >= 0.6 is 23.1 Å². The fraction of sp³-hybridized carbons (Fsp3) is 0.276. The van der Waals surface area contributed by atoms with Gasteiger partial charge in [0.1, 0.15) is 16.6 Å². The standard InChI is InChI=1S/C29H28FN5O5S2/c1-3-40-28(38)25-19-10-7-13-22(19)42-27(25)32-24(36)16-41-29-34-33-23(35(29)20-11-4-5-12-21(20)39-2)15-31-26(37)17-8-6-9-18(30)14-17/h4-6,8-9,11-12,14H,3,7,10,13,15-16H2,1-2H3,(H,31,37)(H,32,36). The maximum atomic E-state index is 13.6. The summed E-state index contributed by atoms with van der Waals surface area (Å²) >= 11 is 2.56. The third-order valence-electron chi connectivity index (χ3n) is 6.51. The van der Waals surface area contributed by atoms with Crippen LogP contribution in [0.3, 0.4) is 0 Å². The molecular formula is C29H28FN5O5S2. The third kappa shape index (κ3) is 6.31. The molecule has 1 aliphatic carbocycles. The second-order valence-corrected chi connectivity index (χ2v) is 11.3. The smallest absolute Gasteiger partial charge is 0.341 e. The average molecular weight is 610 g/mol. The Hall–Kier alpha value is -4.23. The SMILES string of the molecule is CCOC(=O)c1c(NC(=O)CSc2nnc(CNC(=O)c3cccc(F)c3)n2-c2ccccc2OC)sc2c1CCC2. The van der Waals surface area contributed by atoms with Crippen molar-refractivity contribution in [1.82, 2.24) is 20.1 Å². The summed E-state index contributed by atoms with van der Waals surface area (Å²) in [6.45, 7) is 1.98. The maximum Gasteiger partial charge on any atom is 0.341 e. The van der Waals surface area contributed by atoms with E-state index in [1.165, 1.54) is 36.6 Å². The zero-order valence-corrected chi connectivity index (χ0v) is 24.6. The molecule has 13 heteroatoms. The maximum absolute atomic E-state index is 13.6. The highest BCUT2D eigenvalue weighted by molar-refractivity contribution is 7.99. The number of benzene rings is 2. The van der Waals surface area contributed by atoms with Crippen molar-refractivity contribution in [3.63, 3.8) is 0 Å². The lowest BCUT2D eigenvalue weighted by Gasteiger charge is -2.14. The van der Waals surface area contributed by atoms with E-state index in [1.54, 1.807) is 17.6 Å². The van der Waals surface area contributed by atoms with E-state index in [4.69, 9.17) is 9.47 Å². The number of anilines is 1. The van der Waals surface area contributed by atoms with Crippen molar-refractivity contribution in [1.29, 1.82) is 0 Å². The van der Waals surface area contributed by atoms with E-state index in [0.717, 1.165) is 47.5 Å². The first-order valence-corrected chi connectivity index (χ1v) is 15.1. The van der Waals surface area contributed by atoms with Crippen molar-refractivity contribution in [2.75, 3.05) is 24.8 Å². The van der Waals surface area contributed by atoms with Crippen molar-refractivity contribution in [3.8, 4) is 11.4 Å². The molecule has 10 nitrogen and oxygen atoms in total. The number of carbonyl (C=O) groups is 3. The van der Waals surface area contributed by atoms with Crippen LogP contribution in [0, 0.1) is 5.82 Å². The first-order chi connectivity index (χ1) is 20.4. The quantitative estimate of drug-likeness (QED) is 0.184. The minimum absolute atomic E-state index is 0.0171. The number of aromatic nitrogens is 3. The van der Waals surface area contributed by atoms with Crippen LogP contribution < -0.4 is 15.4 Å². The van der Waals surface area contributed by atoms with Crippen LogP contribution in [0.1, 0.15) is 50.3 Å². The number of hydrogen-bond donors (Lipinski definition) is 2. The van der Waals surface area contributed by atoms with E-state index < -0.39 is 17.7 Å². The molecule has 2 amide bonds. The Kier molecular flexibility index (Phi) is 9.18. The lowest BCUT2D eigenvalue weighted by atomic mass is 10.1. The van der Waals surface area contributed by atoms with E-state index >= 15 is 0 Å². The van der Waals surface area contributed by atoms with Gasteiger partial charge in [-0.1, -0.05) is 30.0 Å². The Morgan fingerprint density at radius 3 is 2.74 bits per heavy atom. The molecule has 2 N–H and O–H groups in total. The fourth-order valence-electron chi connectivity index (χ4n) is 4.66. The summed E-state index contributed by atoms with van der Waals surface area (Å²) in [7, 11) is 1.54. The molecule has 2 aromatic carbocycles. The topological polar surface area (TPSA) is 124 Å². The number of carbonyl (C=O) groups excluding carboxylic acids is 3. The Morgan fingerprint density at radius 1 is 1.12 bits per heavy atom. The molecular weight excluding hydrogens is 581 g/mol. The van der Waals surface area contributed by atoms with E-state index in [1.807, 2.05) is 18.2 Å².